The first kappa shape index (κ1) is 24.3. The molecule has 0 aliphatic rings. The van der Waals surface area contributed by atoms with Crippen LogP contribution in [0.3, 0.4) is 0 Å². The fraction of sp³-hybridized carbons (Fsp3) is 0.200. The number of rotatable bonds is 9. The van der Waals surface area contributed by atoms with Crippen LogP contribution >= 0.6 is 0 Å². The fourth-order valence-electron chi connectivity index (χ4n) is 4.43. The van der Waals surface area contributed by atoms with Crippen LogP contribution in [0.1, 0.15) is 33.4 Å². The van der Waals surface area contributed by atoms with Gasteiger partial charge in [-0.05, 0) is 47.9 Å². The van der Waals surface area contributed by atoms with Crippen LogP contribution in [0.2, 0.25) is 0 Å². The predicted octanol–water partition coefficient (Wildman–Crippen LogP) is 5.72. The van der Waals surface area contributed by atoms with Crippen LogP contribution in [0.15, 0.2) is 91.0 Å². The van der Waals surface area contributed by atoms with Gasteiger partial charge in [-0.1, -0.05) is 72.3 Å². The maximum Gasteiger partial charge on any atom is 0.144 e. The van der Waals surface area contributed by atoms with Crippen LogP contribution < -0.4 is 9.47 Å². The van der Waals surface area contributed by atoms with Crippen molar-refractivity contribution in [1.82, 2.24) is 0 Å². The van der Waals surface area contributed by atoms with Crippen LogP contribution in [0.5, 0.6) is 17.2 Å². The third-order valence-electron chi connectivity index (χ3n) is 6.20. The number of hydrogen-bond acceptors (Lipinski definition) is 5. The molecule has 0 radical (unpaired) electrons. The molecule has 0 unspecified atom stereocenters. The van der Waals surface area contributed by atoms with Gasteiger partial charge < -0.3 is 24.4 Å². The summed E-state index contributed by atoms with van der Waals surface area (Å²) in [5, 5.41) is 20.5. The SMILES string of the molecule is COc1ccc(C(OCc2cc(C)cc(CO)c2O)(c2ccccc2)c2ccc(OC)cc2)cc1. The van der Waals surface area contributed by atoms with Crippen molar-refractivity contribution in [3.05, 3.63) is 124 Å². The summed E-state index contributed by atoms with van der Waals surface area (Å²) in [4.78, 5) is 0. The first-order valence-electron chi connectivity index (χ1n) is 11.4. The number of ether oxygens (including phenoxy) is 3. The number of aliphatic hydroxyl groups is 1. The van der Waals surface area contributed by atoms with E-state index >= 15 is 0 Å². The smallest absolute Gasteiger partial charge is 0.144 e. The standard InChI is InChI=1S/C30H30O5/c1-21-17-22(19-31)29(32)23(18-21)20-35-30(24-7-5-4-6-8-24,25-9-13-27(33-2)14-10-25)26-11-15-28(34-3)16-12-26/h4-18,31-32H,19-20H2,1-3H3. The van der Waals surface area contributed by atoms with Crippen molar-refractivity contribution in [2.75, 3.05) is 14.2 Å². The molecule has 0 spiro atoms. The average molecular weight is 471 g/mol. The van der Waals surface area contributed by atoms with Crippen molar-refractivity contribution >= 4 is 0 Å². The number of aryl methyl sites for hydroxylation is 1. The number of methoxy groups -OCH3 is 2. The molecule has 4 aromatic rings. The maximum atomic E-state index is 10.8. The molecule has 5 heteroatoms. The predicted molar refractivity (Wildman–Crippen MR) is 136 cm³/mol. The average Bonchev–Trinajstić information content (AvgIpc) is 2.91. The van der Waals surface area contributed by atoms with E-state index in [1.54, 1.807) is 20.3 Å². The molecule has 180 valence electrons. The second-order valence-electron chi connectivity index (χ2n) is 8.38. The number of aromatic hydroxyl groups is 1. The van der Waals surface area contributed by atoms with Gasteiger partial charge in [-0.3, -0.25) is 0 Å². The molecule has 4 aromatic carbocycles. The van der Waals surface area contributed by atoms with Crippen LogP contribution in [-0.4, -0.2) is 24.4 Å². The third-order valence-corrected chi connectivity index (χ3v) is 6.20. The molecule has 0 atom stereocenters. The van der Waals surface area contributed by atoms with Crippen LogP contribution in [-0.2, 0) is 23.6 Å². The van der Waals surface area contributed by atoms with Gasteiger partial charge in [0.25, 0.3) is 0 Å². The minimum Gasteiger partial charge on any atom is -0.507 e. The molecule has 0 aliphatic heterocycles. The Morgan fingerprint density at radius 3 is 1.66 bits per heavy atom. The van der Waals surface area contributed by atoms with Gasteiger partial charge in [0, 0.05) is 11.1 Å². The molecule has 0 amide bonds. The van der Waals surface area contributed by atoms with E-state index in [1.807, 2.05) is 91.9 Å². The molecule has 0 saturated carbocycles. The van der Waals surface area contributed by atoms with E-state index in [-0.39, 0.29) is 19.0 Å². The lowest BCUT2D eigenvalue weighted by atomic mass is 9.80. The minimum atomic E-state index is -0.991. The topological polar surface area (TPSA) is 68.2 Å². The summed E-state index contributed by atoms with van der Waals surface area (Å²) >= 11 is 0. The molecule has 0 aromatic heterocycles. The van der Waals surface area contributed by atoms with Crippen LogP contribution in [0, 0.1) is 6.92 Å². The molecule has 0 fully saturated rings. The van der Waals surface area contributed by atoms with E-state index in [2.05, 4.69) is 0 Å². The van der Waals surface area contributed by atoms with E-state index < -0.39 is 5.60 Å². The van der Waals surface area contributed by atoms with Gasteiger partial charge in [0.2, 0.25) is 0 Å². The Kier molecular flexibility index (Phi) is 7.39. The highest BCUT2D eigenvalue weighted by Crippen LogP contribution is 2.43. The summed E-state index contributed by atoms with van der Waals surface area (Å²) in [5.74, 6) is 1.54. The summed E-state index contributed by atoms with van der Waals surface area (Å²) in [6.07, 6.45) is 0. The van der Waals surface area contributed by atoms with Crippen molar-refractivity contribution < 1.29 is 24.4 Å². The number of hydrogen-bond donors (Lipinski definition) is 2. The summed E-state index contributed by atoms with van der Waals surface area (Å²) < 4.78 is 17.6. The lowest BCUT2D eigenvalue weighted by molar-refractivity contribution is -0.000699. The van der Waals surface area contributed by atoms with E-state index in [0.29, 0.717) is 11.1 Å². The Morgan fingerprint density at radius 2 is 1.17 bits per heavy atom. The summed E-state index contributed by atoms with van der Waals surface area (Å²) in [5.41, 5.74) is 3.78. The van der Waals surface area contributed by atoms with Gasteiger partial charge in [0.15, 0.2) is 0 Å². The van der Waals surface area contributed by atoms with Crippen molar-refractivity contribution in [2.24, 2.45) is 0 Å². The van der Waals surface area contributed by atoms with Crippen LogP contribution in [0.4, 0.5) is 0 Å². The number of aliphatic hydroxyl groups excluding tert-OH is 1. The Bertz CT molecular complexity index is 1200. The molecule has 0 saturated heterocycles. The summed E-state index contributed by atoms with van der Waals surface area (Å²) in [6, 6.07) is 29.3. The molecule has 0 bridgehead atoms. The maximum absolute atomic E-state index is 10.8. The van der Waals surface area contributed by atoms with Gasteiger partial charge in [0.1, 0.15) is 22.8 Å². The largest absolute Gasteiger partial charge is 0.507 e. The monoisotopic (exact) mass is 470 g/mol. The zero-order valence-electron chi connectivity index (χ0n) is 20.2. The Labute approximate surface area is 206 Å². The molecule has 0 aliphatic carbocycles. The van der Waals surface area contributed by atoms with E-state index in [0.717, 1.165) is 33.8 Å². The van der Waals surface area contributed by atoms with Gasteiger partial charge >= 0.3 is 0 Å². The molecule has 4 rings (SSSR count). The first-order valence-corrected chi connectivity index (χ1v) is 11.4. The Morgan fingerprint density at radius 1 is 0.686 bits per heavy atom. The minimum absolute atomic E-state index is 0.0459. The summed E-state index contributed by atoms with van der Waals surface area (Å²) in [7, 11) is 3.28. The van der Waals surface area contributed by atoms with Gasteiger partial charge in [-0.25, -0.2) is 0 Å². The van der Waals surface area contributed by atoms with Gasteiger partial charge in [0.05, 0.1) is 27.4 Å². The lowest BCUT2D eigenvalue weighted by Crippen LogP contribution is -2.33. The highest BCUT2D eigenvalue weighted by atomic mass is 16.5. The van der Waals surface area contributed by atoms with Crippen molar-refractivity contribution in [3.8, 4) is 17.2 Å². The number of phenols is 1. The van der Waals surface area contributed by atoms with E-state index in [1.165, 1.54) is 0 Å². The Balaban J connectivity index is 1.91. The van der Waals surface area contributed by atoms with Gasteiger partial charge in [-0.2, -0.15) is 0 Å². The molecule has 35 heavy (non-hydrogen) atoms. The lowest BCUT2D eigenvalue weighted by Gasteiger charge is -2.36. The zero-order valence-corrected chi connectivity index (χ0v) is 20.2. The third kappa shape index (κ3) is 4.87. The first-order chi connectivity index (χ1) is 17.0. The van der Waals surface area contributed by atoms with Crippen LogP contribution in [0.25, 0.3) is 0 Å². The molecular weight excluding hydrogens is 440 g/mol. The molecular formula is C30H30O5. The molecule has 0 heterocycles. The fourth-order valence-corrected chi connectivity index (χ4v) is 4.43. The van der Waals surface area contributed by atoms with Crippen molar-refractivity contribution in [2.45, 2.75) is 25.7 Å². The molecule has 5 nitrogen and oxygen atoms in total. The zero-order chi connectivity index (χ0) is 24.8. The highest BCUT2D eigenvalue weighted by Gasteiger charge is 2.38. The van der Waals surface area contributed by atoms with E-state index in [9.17, 15) is 10.2 Å². The normalized spacial score (nSPS) is 11.3. The molecule has 2 N–H and O–H groups in total. The second kappa shape index (κ2) is 10.6. The highest BCUT2D eigenvalue weighted by molar-refractivity contribution is 5.50. The van der Waals surface area contributed by atoms with Gasteiger partial charge in [-0.15, -0.1) is 0 Å². The quantitative estimate of drug-likeness (QED) is 0.306. The second-order valence-corrected chi connectivity index (χ2v) is 8.38. The van der Waals surface area contributed by atoms with E-state index in [4.69, 9.17) is 14.2 Å². The van der Waals surface area contributed by atoms with Crippen molar-refractivity contribution in [1.29, 1.82) is 0 Å². The van der Waals surface area contributed by atoms with Crippen molar-refractivity contribution in [3.63, 3.8) is 0 Å². The Hall–Kier alpha value is -3.80. The number of benzene rings is 4. The summed E-state index contributed by atoms with van der Waals surface area (Å²) in [6.45, 7) is 1.80.